The van der Waals surface area contributed by atoms with Crippen LogP contribution in [0.2, 0.25) is 0 Å². The minimum absolute atomic E-state index is 0.122. The highest BCUT2D eigenvalue weighted by atomic mass is 32.2. The molecular formula is C11H15NO3S2. The maximum Gasteiger partial charge on any atom is 0.326 e. The molecule has 1 aromatic rings. The molecule has 0 bridgehead atoms. The third-order valence-corrected chi connectivity index (χ3v) is 4.22. The van der Waals surface area contributed by atoms with Gasteiger partial charge in [0.2, 0.25) is 5.91 Å². The minimum atomic E-state index is -0.991. The van der Waals surface area contributed by atoms with Crippen molar-refractivity contribution in [3.05, 3.63) is 17.5 Å². The number of nitrogens with one attached hydrogen (secondary N) is 1. The number of carbonyl (C=O) groups excluding carboxylic acids is 1. The minimum Gasteiger partial charge on any atom is -0.480 e. The summed E-state index contributed by atoms with van der Waals surface area (Å²) in [7, 11) is 0. The Morgan fingerprint density at radius 3 is 2.71 bits per heavy atom. The highest BCUT2D eigenvalue weighted by Crippen LogP contribution is 2.22. The number of amides is 1. The topological polar surface area (TPSA) is 66.4 Å². The molecule has 6 heteroatoms. The van der Waals surface area contributed by atoms with E-state index < -0.39 is 12.0 Å². The van der Waals surface area contributed by atoms with Crippen LogP contribution in [0, 0.1) is 5.92 Å². The molecule has 0 spiro atoms. The fraction of sp³-hybridized carbons (Fsp3) is 0.455. The third-order valence-electron chi connectivity index (χ3n) is 2.09. The molecule has 0 aliphatic heterocycles. The molecule has 1 unspecified atom stereocenters. The molecule has 1 heterocycles. The van der Waals surface area contributed by atoms with Crippen molar-refractivity contribution in [1.82, 2.24) is 5.32 Å². The van der Waals surface area contributed by atoms with Gasteiger partial charge >= 0.3 is 5.97 Å². The number of carbonyl (C=O) groups is 2. The van der Waals surface area contributed by atoms with E-state index in [4.69, 9.17) is 5.11 Å². The van der Waals surface area contributed by atoms with Gasteiger partial charge in [0.15, 0.2) is 0 Å². The molecule has 0 aliphatic rings. The Morgan fingerprint density at radius 1 is 1.53 bits per heavy atom. The largest absolute Gasteiger partial charge is 0.480 e. The van der Waals surface area contributed by atoms with Gasteiger partial charge in [-0.25, -0.2) is 4.79 Å². The van der Waals surface area contributed by atoms with E-state index in [1.165, 1.54) is 11.8 Å². The molecule has 4 nitrogen and oxygen atoms in total. The zero-order valence-corrected chi connectivity index (χ0v) is 11.3. The number of carboxylic acid groups (broad SMARTS) is 1. The molecule has 1 aromatic heterocycles. The van der Waals surface area contributed by atoms with Gasteiger partial charge in [-0.2, -0.15) is 0 Å². The van der Waals surface area contributed by atoms with Gasteiger partial charge in [-0.3, -0.25) is 4.79 Å². The average molecular weight is 273 g/mol. The van der Waals surface area contributed by atoms with E-state index in [0.29, 0.717) is 0 Å². The van der Waals surface area contributed by atoms with E-state index in [0.717, 1.165) is 4.21 Å². The van der Waals surface area contributed by atoms with Crippen LogP contribution in [0.1, 0.15) is 13.8 Å². The van der Waals surface area contributed by atoms with E-state index >= 15 is 0 Å². The molecule has 1 rings (SSSR count). The smallest absolute Gasteiger partial charge is 0.326 e. The van der Waals surface area contributed by atoms with Crippen LogP contribution in [-0.4, -0.2) is 28.8 Å². The van der Waals surface area contributed by atoms with Crippen molar-refractivity contribution in [3.63, 3.8) is 0 Å². The Bertz CT molecular complexity index is 376. The van der Waals surface area contributed by atoms with Gasteiger partial charge < -0.3 is 10.4 Å². The summed E-state index contributed by atoms with van der Waals surface area (Å²) in [5.41, 5.74) is 0. The van der Waals surface area contributed by atoms with Gasteiger partial charge in [0.1, 0.15) is 6.04 Å². The quantitative estimate of drug-likeness (QED) is 0.779. The van der Waals surface area contributed by atoms with Gasteiger partial charge in [0, 0.05) is 0 Å². The van der Waals surface area contributed by atoms with Gasteiger partial charge in [-0.15, -0.1) is 23.1 Å². The SMILES string of the molecule is CC(C)C(NC(=O)CSc1cccs1)C(=O)O. The van der Waals surface area contributed by atoms with Gasteiger partial charge in [0.25, 0.3) is 0 Å². The van der Waals surface area contributed by atoms with Gasteiger partial charge in [-0.05, 0) is 17.4 Å². The summed E-state index contributed by atoms with van der Waals surface area (Å²) in [5.74, 6) is -1.11. The van der Waals surface area contributed by atoms with Crippen LogP contribution in [0.15, 0.2) is 21.7 Å². The Labute approximate surface area is 108 Å². The molecule has 94 valence electrons. The van der Waals surface area contributed by atoms with Crippen LogP contribution in [0.4, 0.5) is 0 Å². The first kappa shape index (κ1) is 14.1. The summed E-state index contributed by atoms with van der Waals surface area (Å²) in [5, 5.41) is 13.4. The van der Waals surface area contributed by atoms with Crippen molar-refractivity contribution < 1.29 is 14.7 Å². The predicted octanol–water partition coefficient (Wildman–Crippen LogP) is 2.07. The molecule has 1 atom stereocenters. The Kier molecular flexibility index (Phi) is 5.50. The van der Waals surface area contributed by atoms with E-state index in [1.54, 1.807) is 25.2 Å². The second kappa shape index (κ2) is 6.66. The molecule has 17 heavy (non-hydrogen) atoms. The van der Waals surface area contributed by atoms with E-state index in [1.807, 2.05) is 17.5 Å². The molecule has 1 amide bonds. The molecule has 0 aliphatic carbocycles. The van der Waals surface area contributed by atoms with Crippen LogP contribution in [-0.2, 0) is 9.59 Å². The maximum absolute atomic E-state index is 11.6. The summed E-state index contributed by atoms with van der Waals surface area (Å²) in [6.07, 6.45) is 0. The predicted molar refractivity (Wildman–Crippen MR) is 69.4 cm³/mol. The normalized spacial score (nSPS) is 12.4. The average Bonchev–Trinajstić information content (AvgIpc) is 2.74. The lowest BCUT2D eigenvalue weighted by Crippen LogP contribution is -2.45. The molecule has 0 saturated carbocycles. The highest BCUT2D eigenvalue weighted by molar-refractivity contribution is 8.01. The van der Waals surface area contributed by atoms with Crippen molar-refractivity contribution >= 4 is 35.0 Å². The number of thioether (sulfide) groups is 1. The summed E-state index contributed by atoms with van der Waals surface area (Å²) >= 11 is 2.98. The van der Waals surface area contributed by atoms with Crippen molar-refractivity contribution in [2.75, 3.05) is 5.75 Å². The van der Waals surface area contributed by atoms with Crippen molar-refractivity contribution in [1.29, 1.82) is 0 Å². The van der Waals surface area contributed by atoms with Crippen molar-refractivity contribution in [2.45, 2.75) is 24.1 Å². The second-order valence-corrected chi connectivity index (χ2v) is 6.07. The lowest BCUT2D eigenvalue weighted by atomic mass is 10.1. The van der Waals surface area contributed by atoms with E-state index in [9.17, 15) is 9.59 Å². The lowest BCUT2D eigenvalue weighted by Gasteiger charge is -2.17. The zero-order valence-electron chi connectivity index (χ0n) is 9.67. The Hall–Kier alpha value is -1.01. The van der Waals surface area contributed by atoms with E-state index in [2.05, 4.69) is 5.32 Å². The number of thiophene rings is 1. The standard InChI is InChI=1S/C11H15NO3S2/c1-7(2)10(11(14)15)12-8(13)6-17-9-4-3-5-16-9/h3-5,7,10H,6H2,1-2H3,(H,12,13)(H,14,15). The Balaban J connectivity index is 2.40. The molecule has 0 radical (unpaired) electrons. The maximum atomic E-state index is 11.6. The summed E-state index contributed by atoms with van der Waals surface area (Å²) in [6, 6.07) is 3.03. The van der Waals surface area contributed by atoms with Crippen molar-refractivity contribution in [2.24, 2.45) is 5.92 Å². The number of aliphatic carboxylic acids is 1. The third kappa shape index (κ3) is 4.79. The zero-order chi connectivity index (χ0) is 12.8. The second-order valence-electron chi connectivity index (χ2n) is 3.85. The Morgan fingerprint density at radius 2 is 2.24 bits per heavy atom. The van der Waals surface area contributed by atoms with Crippen LogP contribution >= 0.6 is 23.1 Å². The molecule has 2 N–H and O–H groups in total. The number of hydrogen-bond donors (Lipinski definition) is 2. The van der Waals surface area contributed by atoms with Gasteiger partial charge in [0.05, 0.1) is 9.96 Å². The summed E-state index contributed by atoms with van der Waals surface area (Å²) in [6.45, 7) is 3.54. The number of rotatable bonds is 6. The molecule has 0 saturated heterocycles. The highest BCUT2D eigenvalue weighted by Gasteiger charge is 2.23. The molecule has 0 aromatic carbocycles. The van der Waals surface area contributed by atoms with E-state index in [-0.39, 0.29) is 17.6 Å². The lowest BCUT2D eigenvalue weighted by molar-refractivity contribution is -0.142. The molecular weight excluding hydrogens is 258 g/mol. The fourth-order valence-electron chi connectivity index (χ4n) is 1.21. The first-order chi connectivity index (χ1) is 8.00. The van der Waals surface area contributed by atoms with Crippen LogP contribution in [0.25, 0.3) is 0 Å². The summed E-state index contributed by atoms with van der Waals surface area (Å²) in [4.78, 5) is 22.5. The number of hydrogen-bond acceptors (Lipinski definition) is 4. The van der Waals surface area contributed by atoms with Crippen LogP contribution in [0.5, 0.6) is 0 Å². The van der Waals surface area contributed by atoms with Gasteiger partial charge in [-0.1, -0.05) is 19.9 Å². The molecule has 0 fully saturated rings. The van der Waals surface area contributed by atoms with Crippen LogP contribution in [0.3, 0.4) is 0 Å². The van der Waals surface area contributed by atoms with Crippen molar-refractivity contribution in [3.8, 4) is 0 Å². The van der Waals surface area contributed by atoms with Crippen LogP contribution < -0.4 is 5.32 Å². The monoisotopic (exact) mass is 273 g/mol. The number of carboxylic acids is 1. The first-order valence-corrected chi connectivity index (χ1v) is 7.05. The first-order valence-electron chi connectivity index (χ1n) is 5.19. The fourth-order valence-corrected chi connectivity index (χ4v) is 2.81. The summed E-state index contributed by atoms with van der Waals surface area (Å²) < 4.78 is 1.05.